The van der Waals surface area contributed by atoms with Crippen LogP contribution in [0.2, 0.25) is 0 Å². The van der Waals surface area contributed by atoms with Gasteiger partial charge in [-0.2, -0.15) is 0 Å². The maximum atomic E-state index is 5.92. The standard InChI is InChI=1S/C11H11ClS2/c1-2-7-5-10(13)9(6-12)8-3-4-14-11(7)8/h3-5,13H,2,6H2,1H3. The summed E-state index contributed by atoms with van der Waals surface area (Å²) < 4.78 is 1.36. The highest BCUT2D eigenvalue weighted by Gasteiger charge is 2.09. The normalized spacial score (nSPS) is 11.1. The van der Waals surface area contributed by atoms with Crippen molar-refractivity contribution in [3.8, 4) is 0 Å². The fourth-order valence-corrected chi connectivity index (χ4v) is 3.40. The molecule has 0 atom stereocenters. The zero-order valence-corrected chi connectivity index (χ0v) is 10.3. The van der Waals surface area contributed by atoms with Crippen LogP contribution in [0.4, 0.5) is 0 Å². The van der Waals surface area contributed by atoms with Crippen molar-refractivity contribution in [2.24, 2.45) is 0 Å². The van der Waals surface area contributed by atoms with Gasteiger partial charge in [-0.05, 0) is 40.4 Å². The van der Waals surface area contributed by atoms with Gasteiger partial charge < -0.3 is 0 Å². The summed E-state index contributed by atoms with van der Waals surface area (Å²) in [5, 5.41) is 3.39. The first-order valence-corrected chi connectivity index (χ1v) is 6.41. The molecule has 1 aromatic carbocycles. The van der Waals surface area contributed by atoms with Gasteiger partial charge in [-0.25, -0.2) is 0 Å². The smallest absolute Gasteiger partial charge is 0.0491 e. The lowest BCUT2D eigenvalue weighted by Gasteiger charge is -2.07. The molecule has 74 valence electrons. The van der Waals surface area contributed by atoms with Gasteiger partial charge in [0.05, 0.1) is 0 Å². The lowest BCUT2D eigenvalue weighted by atomic mass is 10.1. The summed E-state index contributed by atoms with van der Waals surface area (Å²) in [6.45, 7) is 2.17. The van der Waals surface area contributed by atoms with Gasteiger partial charge in [-0.15, -0.1) is 35.6 Å². The average molecular weight is 243 g/mol. The van der Waals surface area contributed by atoms with Gasteiger partial charge >= 0.3 is 0 Å². The highest BCUT2D eigenvalue weighted by Crippen LogP contribution is 2.33. The third-order valence-corrected chi connectivity index (χ3v) is 4.07. The molecule has 0 N–H and O–H groups in total. The van der Waals surface area contributed by atoms with Crippen LogP contribution in [-0.2, 0) is 12.3 Å². The molecule has 0 amide bonds. The first-order valence-electron chi connectivity index (χ1n) is 4.54. The van der Waals surface area contributed by atoms with E-state index in [0.717, 1.165) is 16.9 Å². The largest absolute Gasteiger partial charge is 0.144 e. The van der Waals surface area contributed by atoms with Crippen molar-refractivity contribution in [2.45, 2.75) is 24.1 Å². The van der Waals surface area contributed by atoms with Crippen LogP contribution in [0.1, 0.15) is 18.1 Å². The van der Waals surface area contributed by atoms with Crippen LogP contribution in [0.25, 0.3) is 10.1 Å². The van der Waals surface area contributed by atoms with Crippen LogP contribution in [0.5, 0.6) is 0 Å². The number of thiol groups is 1. The van der Waals surface area contributed by atoms with Gasteiger partial charge in [0.15, 0.2) is 0 Å². The number of benzene rings is 1. The summed E-state index contributed by atoms with van der Waals surface area (Å²) in [6, 6.07) is 4.27. The molecular formula is C11H11ClS2. The van der Waals surface area contributed by atoms with Gasteiger partial charge in [0.1, 0.15) is 0 Å². The van der Waals surface area contributed by atoms with Gasteiger partial charge in [0.2, 0.25) is 0 Å². The van der Waals surface area contributed by atoms with Crippen LogP contribution in [-0.4, -0.2) is 0 Å². The van der Waals surface area contributed by atoms with Crippen molar-refractivity contribution in [1.29, 1.82) is 0 Å². The van der Waals surface area contributed by atoms with E-state index in [4.69, 9.17) is 11.6 Å². The molecule has 2 rings (SSSR count). The Hall–Kier alpha value is -0.180. The SMILES string of the molecule is CCc1cc(S)c(CCl)c2ccsc12. The number of alkyl halides is 1. The molecule has 0 saturated carbocycles. The predicted molar refractivity (Wildman–Crippen MR) is 68.0 cm³/mol. The van der Waals surface area contributed by atoms with Crippen LogP contribution < -0.4 is 0 Å². The molecule has 0 bridgehead atoms. The van der Waals surface area contributed by atoms with E-state index in [-0.39, 0.29) is 0 Å². The second-order valence-corrected chi connectivity index (χ2v) is 4.85. The summed E-state index contributed by atoms with van der Waals surface area (Å²) >= 11 is 12.2. The molecule has 2 aromatic rings. The van der Waals surface area contributed by atoms with E-state index in [2.05, 4.69) is 37.1 Å². The third kappa shape index (κ3) is 1.56. The zero-order chi connectivity index (χ0) is 10.1. The van der Waals surface area contributed by atoms with Crippen LogP contribution >= 0.6 is 35.6 Å². The Kier molecular flexibility index (Phi) is 3.05. The van der Waals surface area contributed by atoms with E-state index in [1.807, 2.05) is 0 Å². The molecule has 0 saturated heterocycles. The minimum absolute atomic E-state index is 0.538. The van der Waals surface area contributed by atoms with E-state index in [0.29, 0.717) is 5.88 Å². The molecule has 0 fully saturated rings. The number of rotatable bonds is 2. The molecule has 0 radical (unpaired) electrons. The van der Waals surface area contributed by atoms with Gasteiger partial charge in [0.25, 0.3) is 0 Å². The molecule has 0 aliphatic rings. The highest BCUT2D eigenvalue weighted by molar-refractivity contribution is 7.80. The summed E-state index contributed by atoms with van der Waals surface area (Å²) in [4.78, 5) is 1.02. The molecule has 14 heavy (non-hydrogen) atoms. The minimum Gasteiger partial charge on any atom is -0.144 e. The Morgan fingerprint density at radius 1 is 1.50 bits per heavy atom. The average Bonchev–Trinajstić information content (AvgIpc) is 2.65. The van der Waals surface area contributed by atoms with Crippen molar-refractivity contribution in [3.05, 3.63) is 28.6 Å². The van der Waals surface area contributed by atoms with Gasteiger partial charge in [0, 0.05) is 15.5 Å². The monoisotopic (exact) mass is 242 g/mol. The maximum absolute atomic E-state index is 5.92. The van der Waals surface area contributed by atoms with E-state index < -0.39 is 0 Å². The van der Waals surface area contributed by atoms with Gasteiger partial charge in [-0.3, -0.25) is 0 Å². The topological polar surface area (TPSA) is 0 Å². The number of aryl methyl sites for hydroxylation is 1. The number of thiophene rings is 1. The van der Waals surface area contributed by atoms with Crippen molar-refractivity contribution in [2.75, 3.05) is 0 Å². The first-order chi connectivity index (χ1) is 6.77. The number of hydrogen-bond acceptors (Lipinski definition) is 2. The summed E-state index contributed by atoms with van der Waals surface area (Å²) in [7, 11) is 0. The van der Waals surface area contributed by atoms with Crippen molar-refractivity contribution in [1.82, 2.24) is 0 Å². The first kappa shape index (κ1) is 10.3. The van der Waals surface area contributed by atoms with Crippen LogP contribution in [0.15, 0.2) is 22.4 Å². The molecular weight excluding hydrogens is 232 g/mol. The highest BCUT2D eigenvalue weighted by atomic mass is 35.5. The number of halogens is 1. The fraction of sp³-hybridized carbons (Fsp3) is 0.273. The van der Waals surface area contributed by atoms with Crippen molar-refractivity contribution < 1.29 is 0 Å². The second kappa shape index (κ2) is 4.13. The Morgan fingerprint density at radius 2 is 2.29 bits per heavy atom. The lowest BCUT2D eigenvalue weighted by molar-refractivity contribution is 1.14. The van der Waals surface area contributed by atoms with E-state index in [9.17, 15) is 0 Å². The van der Waals surface area contributed by atoms with E-state index in [1.54, 1.807) is 11.3 Å². The summed E-state index contributed by atoms with van der Waals surface area (Å²) in [6.07, 6.45) is 1.05. The zero-order valence-electron chi connectivity index (χ0n) is 7.88. The molecule has 0 spiro atoms. The number of fused-ring (bicyclic) bond motifs is 1. The second-order valence-electron chi connectivity index (χ2n) is 3.18. The Bertz CT molecular complexity index is 460. The third-order valence-electron chi connectivity index (χ3n) is 2.42. The molecule has 0 unspecified atom stereocenters. The summed E-state index contributed by atoms with van der Waals surface area (Å²) in [5.41, 5.74) is 2.53. The minimum atomic E-state index is 0.538. The van der Waals surface area contributed by atoms with Crippen LogP contribution in [0.3, 0.4) is 0 Å². The Morgan fingerprint density at radius 3 is 2.93 bits per heavy atom. The predicted octanol–water partition coefficient (Wildman–Crippen LogP) is 4.49. The van der Waals surface area contributed by atoms with E-state index in [1.165, 1.54) is 15.6 Å². The maximum Gasteiger partial charge on any atom is 0.0491 e. The summed E-state index contributed by atoms with van der Waals surface area (Å²) in [5.74, 6) is 0.538. The fourth-order valence-electron chi connectivity index (χ4n) is 1.65. The van der Waals surface area contributed by atoms with Crippen molar-refractivity contribution >= 4 is 45.7 Å². The molecule has 1 aromatic heterocycles. The lowest BCUT2D eigenvalue weighted by Crippen LogP contribution is -1.87. The molecule has 1 heterocycles. The molecule has 0 aliphatic carbocycles. The Labute approximate surface area is 98.3 Å². The molecule has 3 heteroatoms. The quantitative estimate of drug-likeness (QED) is 0.582. The van der Waals surface area contributed by atoms with Crippen LogP contribution in [0, 0.1) is 0 Å². The van der Waals surface area contributed by atoms with E-state index >= 15 is 0 Å². The Balaban J connectivity index is 2.81. The van der Waals surface area contributed by atoms with Gasteiger partial charge in [-0.1, -0.05) is 6.92 Å². The molecule has 0 nitrogen and oxygen atoms in total. The van der Waals surface area contributed by atoms with Crippen molar-refractivity contribution in [3.63, 3.8) is 0 Å². The number of hydrogen-bond donors (Lipinski definition) is 1. The molecule has 0 aliphatic heterocycles.